The fourth-order valence-electron chi connectivity index (χ4n) is 0.896. The Morgan fingerprint density at radius 2 is 1.71 bits per heavy atom. The van der Waals surface area contributed by atoms with Gasteiger partial charge in [-0.3, -0.25) is 0 Å². The summed E-state index contributed by atoms with van der Waals surface area (Å²) in [4.78, 5) is 12.0. The maximum atomic E-state index is 5.49. The molecule has 3 nitrogen and oxygen atoms in total. The molecule has 14 heavy (non-hydrogen) atoms. The molecule has 1 aromatic rings. The topological polar surface area (TPSA) is 38.1 Å². The highest BCUT2D eigenvalue weighted by atomic mass is 35.6. The summed E-state index contributed by atoms with van der Waals surface area (Å²) >= 11 is 16.5. The number of alkyl halides is 3. The van der Waals surface area contributed by atoms with E-state index in [1.807, 2.05) is 19.9 Å². The van der Waals surface area contributed by atoms with Gasteiger partial charge in [-0.25, -0.2) is 15.0 Å². The Hall–Kier alpha value is -0.380. The van der Waals surface area contributed by atoms with Gasteiger partial charge in [0.1, 0.15) is 0 Å². The van der Waals surface area contributed by atoms with Crippen LogP contribution in [-0.2, 0) is 0 Å². The van der Waals surface area contributed by atoms with Crippen molar-refractivity contribution in [3.63, 3.8) is 0 Å². The van der Waals surface area contributed by atoms with E-state index in [2.05, 4.69) is 15.0 Å². The van der Waals surface area contributed by atoms with Crippen LogP contribution in [0.15, 0.2) is 11.1 Å². The monoisotopic (exact) mass is 251 g/mol. The zero-order valence-electron chi connectivity index (χ0n) is 7.63. The molecule has 76 valence electrons. The third-order valence-electron chi connectivity index (χ3n) is 1.30. The van der Waals surface area contributed by atoms with Gasteiger partial charge in [0.05, 0.1) is 6.21 Å². The number of rotatable bonds is 1. The average molecular weight is 253 g/mol. The van der Waals surface area contributed by atoms with Crippen LogP contribution in [0.25, 0.3) is 0 Å². The Morgan fingerprint density at radius 3 is 2.14 bits per heavy atom. The Labute approximate surface area is 97.1 Å². The summed E-state index contributed by atoms with van der Waals surface area (Å²) in [5, 5.41) is 0. The molecule has 0 unspecified atom stereocenters. The molecule has 0 atom stereocenters. The molecule has 0 bridgehead atoms. The van der Waals surface area contributed by atoms with E-state index in [0.29, 0.717) is 5.95 Å². The molecule has 0 aromatic carbocycles. The summed E-state index contributed by atoms with van der Waals surface area (Å²) in [6, 6.07) is 1.84. The van der Waals surface area contributed by atoms with Crippen molar-refractivity contribution in [2.75, 3.05) is 0 Å². The summed E-state index contributed by atoms with van der Waals surface area (Å²) in [5.74, 6) is 0.300. The Kier molecular flexibility index (Phi) is 3.70. The summed E-state index contributed by atoms with van der Waals surface area (Å²) in [5.41, 5.74) is 1.66. The second-order valence-corrected chi connectivity index (χ2v) is 5.12. The molecule has 0 fully saturated rings. The Bertz CT molecular complexity index is 337. The number of aliphatic imine (C=N–C) groups is 1. The van der Waals surface area contributed by atoms with Crippen LogP contribution in [0.1, 0.15) is 11.4 Å². The fourth-order valence-corrected chi connectivity index (χ4v) is 1.04. The molecule has 0 aliphatic carbocycles. The van der Waals surface area contributed by atoms with E-state index in [9.17, 15) is 0 Å². The SMILES string of the molecule is Cc1cc(C)nc(/N=C/C(Cl)(Cl)Cl)n1. The number of nitrogens with zero attached hydrogens (tertiary/aromatic N) is 3. The minimum absolute atomic E-state index is 0.300. The van der Waals surface area contributed by atoms with Crippen LogP contribution in [0.3, 0.4) is 0 Å². The van der Waals surface area contributed by atoms with Crippen LogP contribution >= 0.6 is 34.8 Å². The number of aromatic nitrogens is 2. The third kappa shape index (κ3) is 4.22. The second kappa shape index (κ2) is 4.43. The molecule has 0 saturated carbocycles. The predicted octanol–water partition coefficient (Wildman–Crippen LogP) is 3.17. The maximum Gasteiger partial charge on any atom is 0.249 e. The van der Waals surface area contributed by atoms with Gasteiger partial charge >= 0.3 is 0 Å². The third-order valence-corrected chi connectivity index (χ3v) is 1.59. The van der Waals surface area contributed by atoms with Crippen molar-refractivity contribution in [3.05, 3.63) is 17.5 Å². The highest BCUT2D eigenvalue weighted by molar-refractivity contribution is 6.74. The van der Waals surface area contributed by atoms with Crippen molar-refractivity contribution in [2.24, 2.45) is 4.99 Å². The van der Waals surface area contributed by atoms with E-state index < -0.39 is 3.79 Å². The number of hydrogen-bond acceptors (Lipinski definition) is 3. The van der Waals surface area contributed by atoms with Gasteiger partial charge in [0.15, 0.2) is 0 Å². The van der Waals surface area contributed by atoms with E-state index in [0.717, 1.165) is 11.4 Å². The van der Waals surface area contributed by atoms with Gasteiger partial charge in [0.25, 0.3) is 0 Å². The van der Waals surface area contributed by atoms with Crippen molar-refractivity contribution in [1.29, 1.82) is 0 Å². The van der Waals surface area contributed by atoms with Crippen LogP contribution in [0.5, 0.6) is 0 Å². The normalized spacial score (nSPS) is 12.4. The van der Waals surface area contributed by atoms with Crippen LogP contribution in [0.2, 0.25) is 0 Å². The summed E-state index contributed by atoms with van der Waals surface area (Å²) < 4.78 is -1.51. The highest BCUT2D eigenvalue weighted by Crippen LogP contribution is 2.23. The molecule has 0 spiro atoms. The van der Waals surface area contributed by atoms with E-state index in [1.165, 1.54) is 6.21 Å². The summed E-state index contributed by atoms with van der Waals surface area (Å²) in [7, 11) is 0. The zero-order valence-corrected chi connectivity index (χ0v) is 9.90. The second-order valence-electron chi connectivity index (χ2n) is 2.75. The lowest BCUT2D eigenvalue weighted by atomic mass is 10.4. The molecule has 1 rings (SSSR count). The van der Waals surface area contributed by atoms with Gasteiger partial charge in [0, 0.05) is 11.4 Å². The summed E-state index contributed by atoms with van der Waals surface area (Å²) in [6.45, 7) is 3.70. The van der Waals surface area contributed by atoms with E-state index in [4.69, 9.17) is 34.8 Å². The first-order valence-corrected chi connectivity index (χ1v) is 4.94. The molecular formula is C8H8Cl3N3. The maximum absolute atomic E-state index is 5.49. The smallest absolute Gasteiger partial charge is 0.220 e. The Balaban J connectivity index is 2.92. The molecule has 0 radical (unpaired) electrons. The van der Waals surface area contributed by atoms with Gasteiger partial charge in [-0.1, -0.05) is 34.8 Å². The van der Waals surface area contributed by atoms with Gasteiger partial charge < -0.3 is 0 Å². The average Bonchev–Trinajstić information content (AvgIpc) is 1.97. The number of halogens is 3. The van der Waals surface area contributed by atoms with Crippen LogP contribution in [0.4, 0.5) is 5.95 Å². The zero-order chi connectivity index (χ0) is 10.8. The van der Waals surface area contributed by atoms with Gasteiger partial charge in [0.2, 0.25) is 9.74 Å². The molecule has 0 amide bonds. The number of hydrogen-bond donors (Lipinski definition) is 0. The molecule has 0 saturated heterocycles. The van der Waals surface area contributed by atoms with Crippen molar-refractivity contribution in [1.82, 2.24) is 9.97 Å². The molecule has 1 aromatic heterocycles. The van der Waals surface area contributed by atoms with Crippen molar-refractivity contribution >= 4 is 47.0 Å². The lowest BCUT2D eigenvalue weighted by Crippen LogP contribution is -2.03. The first kappa shape index (κ1) is 11.7. The predicted molar refractivity (Wildman–Crippen MR) is 59.9 cm³/mol. The molecule has 0 aliphatic rings. The van der Waals surface area contributed by atoms with Gasteiger partial charge in [-0.15, -0.1) is 0 Å². The lowest BCUT2D eigenvalue weighted by Gasteiger charge is -2.01. The number of aryl methyl sites for hydroxylation is 2. The van der Waals surface area contributed by atoms with Gasteiger partial charge in [-0.05, 0) is 19.9 Å². The van der Waals surface area contributed by atoms with E-state index in [1.54, 1.807) is 0 Å². The summed E-state index contributed by atoms with van der Waals surface area (Å²) in [6.07, 6.45) is 1.17. The molecule has 0 N–H and O–H groups in total. The molecule has 1 heterocycles. The van der Waals surface area contributed by atoms with Crippen molar-refractivity contribution in [3.8, 4) is 0 Å². The molecule has 0 aliphatic heterocycles. The minimum atomic E-state index is -1.51. The van der Waals surface area contributed by atoms with Crippen LogP contribution in [0, 0.1) is 13.8 Å². The van der Waals surface area contributed by atoms with Gasteiger partial charge in [-0.2, -0.15) is 0 Å². The quantitative estimate of drug-likeness (QED) is 0.569. The van der Waals surface area contributed by atoms with Crippen LogP contribution in [-0.4, -0.2) is 20.0 Å². The standard InChI is InChI=1S/C8H8Cl3N3/c1-5-3-6(2)14-7(13-5)12-4-8(9,10)11/h3-4H,1-2H3/b12-4+. The van der Waals surface area contributed by atoms with Crippen molar-refractivity contribution < 1.29 is 0 Å². The Morgan fingerprint density at radius 1 is 1.21 bits per heavy atom. The lowest BCUT2D eigenvalue weighted by molar-refractivity contribution is 1.04. The highest BCUT2D eigenvalue weighted by Gasteiger charge is 2.15. The first-order valence-electron chi connectivity index (χ1n) is 3.81. The van der Waals surface area contributed by atoms with E-state index >= 15 is 0 Å². The van der Waals surface area contributed by atoms with E-state index in [-0.39, 0.29) is 0 Å². The molecular weight excluding hydrogens is 244 g/mol. The minimum Gasteiger partial charge on any atom is -0.220 e. The molecule has 6 heteroatoms. The van der Waals surface area contributed by atoms with Crippen LogP contribution < -0.4 is 0 Å². The largest absolute Gasteiger partial charge is 0.249 e. The first-order chi connectivity index (χ1) is 6.37. The van der Waals surface area contributed by atoms with Crippen molar-refractivity contribution in [2.45, 2.75) is 17.6 Å². The fraction of sp³-hybridized carbons (Fsp3) is 0.375.